The van der Waals surface area contributed by atoms with Gasteiger partial charge in [-0.2, -0.15) is 0 Å². The summed E-state index contributed by atoms with van der Waals surface area (Å²) in [7, 11) is 0. The average molecular weight is 145 g/mol. The maximum atomic E-state index is 5.52. The summed E-state index contributed by atoms with van der Waals surface area (Å²) < 4.78 is 0. The zero-order valence-corrected chi connectivity index (χ0v) is 6.59. The molecule has 0 spiro atoms. The SMILES string of the molecule is C=C=C(C)c1ccc(N)cc1. The number of rotatable bonds is 1. The van der Waals surface area contributed by atoms with Crippen LogP contribution in [0.3, 0.4) is 0 Å². The molecule has 2 N–H and O–H groups in total. The van der Waals surface area contributed by atoms with Crippen molar-refractivity contribution in [2.75, 3.05) is 5.73 Å². The molecular weight excluding hydrogens is 134 g/mol. The van der Waals surface area contributed by atoms with Gasteiger partial charge in [-0.1, -0.05) is 18.7 Å². The van der Waals surface area contributed by atoms with Crippen LogP contribution in [0.4, 0.5) is 5.69 Å². The Hall–Kier alpha value is -1.46. The predicted octanol–water partition coefficient (Wildman–Crippen LogP) is 2.46. The molecule has 0 amide bonds. The predicted molar refractivity (Wildman–Crippen MR) is 49.1 cm³/mol. The first-order valence-electron chi connectivity index (χ1n) is 3.46. The van der Waals surface area contributed by atoms with E-state index in [1.54, 1.807) is 0 Å². The lowest BCUT2D eigenvalue weighted by molar-refractivity contribution is 1.57. The van der Waals surface area contributed by atoms with E-state index in [9.17, 15) is 0 Å². The van der Waals surface area contributed by atoms with Crippen LogP contribution in [0.1, 0.15) is 12.5 Å². The average Bonchev–Trinajstić information content (AvgIpc) is 2.05. The molecule has 0 aliphatic heterocycles. The van der Waals surface area contributed by atoms with Crippen LogP contribution in [0.15, 0.2) is 36.6 Å². The highest BCUT2D eigenvalue weighted by Gasteiger charge is 1.91. The van der Waals surface area contributed by atoms with Crippen LogP contribution >= 0.6 is 0 Å². The normalized spacial score (nSPS) is 8.82. The summed E-state index contributed by atoms with van der Waals surface area (Å²) >= 11 is 0. The fraction of sp³-hybridized carbons (Fsp3) is 0.100. The second-order valence-electron chi connectivity index (χ2n) is 2.42. The summed E-state index contributed by atoms with van der Waals surface area (Å²) in [6, 6.07) is 7.66. The van der Waals surface area contributed by atoms with Crippen LogP contribution in [0.2, 0.25) is 0 Å². The molecule has 0 aliphatic rings. The quantitative estimate of drug-likeness (QED) is 0.476. The molecule has 0 aromatic heterocycles. The summed E-state index contributed by atoms with van der Waals surface area (Å²) in [5.41, 5.74) is 11.3. The second kappa shape index (κ2) is 3.09. The zero-order valence-electron chi connectivity index (χ0n) is 6.59. The van der Waals surface area contributed by atoms with Crippen molar-refractivity contribution in [3.63, 3.8) is 0 Å². The summed E-state index contributed by atoms with van der Waals surface area (Å²) in [6.45, 7) is 5.54. The van der Waals surface area contributed by atoms with Gasteiger partial charge < -0.3 is 5.73 Å². The van der Waals surface area contributed by atoms with E-state index in [-0.39, 0.29) is 0 Å². The topological polar surface area (TPSA) is 26.0 Å². The summed E-state index contributed by atoms with van der Waals surface area (Å²) in [6.07, 6.45) is 0. The van der Waals surface area contributed by atoms with Crippen LogP contribution in [0.5, 0.6) is 0 Å². The van der Waals surface area contributed by atoms with Crippen molar-refractivity contribution in [1.82, 2.24) is 0 Å². The highest BCUT2D eigenvalue weighted by Crippen LogP contribution is 2.13. The number of hydrogen-bond donors (Lipinski definition) is 1. The molecule has 0 saturated carbocycles. The maximum Gasteiger partial charge on any atom is 0.0314 e. The number of benzene rings is 1. The molecule has 1 nitrogen and oxygen atoms in total. The largest absolute Gasteiger partial charge is 0.399 e. The first kappa shape index (κ1) is 7.64. The van der Waals surface area contributed by atoms with Gasteiger partial charge in [0.2, 0.25) is 0 Å². The van der Waals surface area contributed by atoms with E-state index >= 15 is 0 Å². The lowest BCUT2D eigenvalue weighted by Gasteiger charge is -1.97. The summed E-state index contributed by atoms with van der Waals surface area (Å²) in [5, 5.41) is 0. The van der Waals surface area contributed by atoms with Gasteiger partial charge in [-0.25, -0.2) is 0 Å². The van der Waals surface area contributed by atoms with Gasteiger partial charge in [0, 0.05) is 5.69 Å². The fourth-order valence-electron chi connectivity index (χ4n) is 0.835. The minimum atomic E-state index is 0.783. The maximum absolute atomic E-state index is 5.52. The van der Waals surface area contributed by atoms with Crippen LogP contribution in [-0.4, -0.2) is 0 Å². The van der Waals surface area contributed by atoms with E-state index in [0.29, 0.717) is 0 Å². The van der Waals surface area contributed by atoms with Gasteiger partial charge in [0.1, 0.15) is 0 Å². The Labute approximate surface area is 66.9 Å². The van der Waals surface area contributed by atoms with Crippen molar-refractivity contribution < 1.29 is 0 Å². The van der Waals surface area contributed by atoms with Crippen molar-refractivity contribution in [3.8, 4) is 0 Å². The van der Waals surface area contributed by atoms with Gasteiger partial charge in [0.05, 0.1) is 0 Å². The summed E-state index contributed by atoms with van der Waals surface area (Å²) in [4.78, 5) is 0. The van der Waals surface area contributed by atoms with E-state index in [0.717, 1.165) is 16.8 Å². The molecule has 11 heavy (non-hydrogen) atoms. The van der Waals surface area contributed by atoms with E-state index in [2.05, 4.69) is 12.3 Å². The molecule has 0 atom stereocenters. The first-order valence-corrected chi connectivity index (χ1v) is 3.46. The Kier molecular flexibility index (Phi) is 2.15. The molecular formula is C10H11N. The lowest BCUT2D eigenvalue weighted by Crippen LogP contribution is -1.84. The number of anilines is 1. The van der Waals surface area contributed by atoms with Crippen molar-refractivity contribution in [1.29, 1.82) is 0 Å². The van der Waals surface area contributed by atoms with Crippen molar-refractivity contribution in [3.05, 3.63) is 42.1 Å². The van der Waals surface area contributed by atoms with Crippen LogP contribution in [0.25, 0.3) is 5.57 Å². The molecule has 0 unspecified atom stereocenters. The van der Waals surface area contributed by atoms with Gasteiger partial charge >= 0.3 is 0 Å². The Bertz CT molecular complexity index is 289. The minimum absolute atomic E-state index is 0.783. The van der Waals surface area contributed by atoms with Gasteiger partial charge in [0.15, 0.2) is 0 Å². The van der Waals surface area contributed by atoms with Gasteiger partial charge in [-0.05, 0) is 30.2 Å². The van der Waals surface area contributed by atoms with Crippen molar-refractivity contribution in [2.45, 2.75) is 6.92 Å². The van der Waals surface area contributed by atoms with Crippen LogP contribution in [0, 0.1) is 0 Å². The second-order valence-corrected chi connectivity index (χ2v) is 2.42. The number of hydrogen-bond acceptors (Lipinski definition) is 1. The molecule has 56 valence electrons. The van der Waals surface area contributed by atoms with Gasteiger partial charge in [-0.15, -0.1) is 5.73 Å². The molecule has 1 heteroatoms. The fourth-order valence-corrected chi connectivity index (χ4v) is 0.835. The number of allylic oxidation sites excluding steroid dienone is 1. The smallest absolute Gasteiger partial charge is 0.0314 e. The molecule has 1 aromatic rings. The molecule has 1 aromatic carbocycles. The number of nitrogen functional groups attached to an aromatic ring is 1. The molecule has 1 rings (SSSR count). The molecule has 0 fully saturated rings. The monoisotopic (exact) mass is 145 g/mol. The lowest BCUT2D eigenvalue weighted by atomic mass is 10.1. The third-order valence-corrected chi connectivity index (χ3v) is 1.61. The van der Waals surface area contributed by atoms with Crippen molar-refractivity contribution in [2.24, 2.45) is 0 Å². The zero-order chi connectivity index (χ0) is 8.27. The van der Waals surface area contributed by atoms with Crippen molar-refractivity contribution >= 4 is 11.3 Å². The van der Waals surface area contributed by atoms with E-state index in [1.807, 2.05) is 31.2 Å². The molecule has 0 radical (unpaired) electrons. The van der Waals surface area contributed by atoms with E-state index < -0.39 is 0 Å². The van der Waals surface area contributed by atoms with E-state index in [4.69, 9.17) is 5.73 Å². The standard InChI is InChI=1S/C10H11N/c1-3-8(2)9-4-6-10(11)7-5-9/h4-7H,1,11H2,2H3. The molecule has 0 saturated heterocycles. The van der Waals surface area contributed by atoms with Crippen LogP contribution < -0.4 is 5.73 Å². The number of nitrogens with two attached hydrogens (primary N) is 1. The Balaban J connectivity index is 3.08. The summed E-state index contributed by atoms with van der Waals surface area (Å²) in [5.74, 6) is 0. The molecule has 0 bridgehead atoms. The van der Waals surface area contributed by atoms with Crippen LogP contribution in [-0.2, 0) is 0 Å². The minimum Gasteiger partial charge on any atom is -0.399 e. The first-order chi connectivity index (χ1) is 5.24. The highest BCUT2D eigenvalue weighted by molar-refractivity contribution is 5.64. The Morgan fingerprint density at radius 1 is 1.36 bits per heavy atom. The third kappa shape index (κ3) is 1.73. The van der Waals surface area contributed by atoms with Gasteiger partial charge in [0.25, 0.3) is 0 Å². The highest BCUT2D eigenvalue weighted by atomic mass is 14.5. The van der Waals surface area contributed by atoms with Gasteiger partial charge in [-0.3, -0.25) is 0 Å². The third-order valence-electron chi connectivity index (χ3n) is 1.61. The molecule has 0 heterocycles. The Morgan fingerprint density at radius 2 is 1.91 bits per heavy atom. The Morgan fingerprint density at radius 3 is 2.36 bits per heavy atom. The molecule has 0 aliphatic carbocycles. The van der Waals surface area contributed by atoms with E-state index in [1.165, 1.54) is 0 Å².